The molecule has 0 bridgehead atoms. The van der Waals surface area contributed by atoms with E-state index >= 15 is 0 Å². The van der Waals surface area contributed by atoms with Crippen LogP contribution in [0.4, 0.5) is 10.3 Å². The number of amides is 1. The molecule has 1 unspecified atom stereocenters. The Bertz CT molecular complexity index is 1560. The fourth-order valence-corrected chi connectivity index (χ4v) is 4.91. The smallest absolute Gasteiger partial charge is 0.274 e. The van der Waals surface area contributed by atoms with Crippen molar-refractivity contribution < 1.29 is 19.0 Å². The van der Waals surface area contributed by atoms with Crippen molar-refractivity contribution in [3.8, 4) is 16.9 Å². The Morgan fingerprint density at radius 1 is 1.08 bits per heavy atom. The zero-order valence-electron chi connectivity index (χ0n) is 22.2. The molecule has 0 aliphatic carbocycles. The number of hydrogen-bond donors (Lipinski definition) is 1. The van der Waals surface area contributed by atoms with Crippen LogP contribution >= 0.6 is 0 Å². The Hall–Kier alpha value is -4.25. The Morgan fingerprint density at radius 2 is 1.79 bits per heavy atom. The van der Waals surface area contributed by atoms with E-state index < -0.39 is 13.0 Å². The van der Waals surface area contributed by atoms with Gasteiger partial charge in [-0.05, 0) is 30.7 Å². The van der Waals surface area contributed by atoms with Crippen molar-refractivity contribution in [2.24, 2.45) is 7.05 Å². The van der Waals surface area contributed by atoms with Crippen molar-refractivity contribution in [1.29, 1.82) is 0 Å². The molecular formula is C28H31FN6O4. The Kier molecular flexibility index (Phi) is 7.34. The number of ether oxygens (including phenoxy) is 1. The van der Waals surface area contributed by atoms with E-state index in [1.165, 1.54) is 6.92 Å². The molecule has 2 aromatic heterocycles. The maximum absolute atomic E-state index is 13.7. The molecule has 1 atom stereocenters. The van der Waals surface area contributed by atoms with Crippen LogP contribution in [0.15, 0.2) is 53.6 Å². The predicted molar refractivity (Wildman–Crippen MR) is 146 cm³/mol. The molecule has 2 aromatic carbocycles. The molecule has 0 saturated carbocycles. The molecule has 10 nitrogen and oxygen atoms in total. The van der Waals surface area contributed by atoms with E-state index in [1.807, 2.05) is 40.8 Å². The SMILES string of the molecule is Cc1ccc(OC(C)F)c(Cn2c3cc(-c4cnc(N5CCN(C(=O)CO)CC5)nc4)ccc3c(=O)n2C)c1. The third kappa shape index (κ3) is 5.35. The number of halogens is 1. The maximum atomic E-state index is 13.7. The van der Waals surface area contributed by atoms with Crippen LogP contribution in [0.5, 0.6) is 5.75 Å². The molecule has 3 heterocycles. The van der Waals surface area contributed by atoms with Crippen molar-refractivity contribution in [3.63, 3.8) is 0 Å². The second-order valence-corrected chi connectivity index (χ2v) is 9.69. The number of aromatic nitrogens is 4. The number of carbonyl (C=O) groups excluding carboxylic acids is 1. The average molecular weight is 535 g/mol. The fourth-order valence-electron chi connectivity index (χ4n) is 4.91. The molecule has 5 rings (SSSR count). The first kappa shape index (κ1) is 26.4. The Morgan fingerprint density at radius 3 is 2.46 bits per heavy atom. The standard InChI is InChI=1S/C28H31FN6O4/c1-18-4-7-25(39-19(2)29)21(12-18)16-35-24-13-20(5-6-23(24)27(38)32(35)3)22-14-30-28(31-15-22)34-10-8-33(9-11-34)26(37)17-36/h4-7,12-15,19,36H,8-11,16-17H2,1-3H3. The van der Waals surface area contributed by atoms with Gasteiger partial charge in [-0.2, -0.15) is 0 Å². The summed E-state index contributed by atoms with van der Waals surface area (Å²) in [5.41, 5.74) is 4.02. The van der Waals surface area contributed by atoms with Gasteiger partial charge in [-0.15, -0.1) is 0 Å². The van der Waals surface area contributed by atoms with Crippen molar-refractivity contribution in [2.45, 2.75) is 26.7 Å². The number of benzene rings is 2. The number of piperazine rings is 1. The summed E-state index contributed by atoms with van der Waals surface area (Å²) < 4.78 is 22.5. The molecule has 1 amide bonds. The van der Waals surface area contributed by atoms with Crippen LogP contribution in [-0.2, 0) is 18.4 Å². The number of carbonyl (C=O) groups is 1. The highest BCUT2D eigenvalue weighted by Gasteiger charge is 2.22. The van der Waals surface area contributed by atoms with Crippen LogP contribution in [0.25, 0.3) is 22.0 Å². The minimum absolute atomic E-state index is 0.129. The summed E-state index contributed by atoms with van der Waals surface area (Å²) in [5, 5.41) is 9.64. The first-order valence-corrected chi connectivity index (χ1v) is 12.8. The summed E-state index contributed by atoms with van der Waals surface area (Å²) in [4.78, 5) is 37.4. The number of hydrogen-bond acceptors (Lipinski definition) is 7. The molecule has 1 N–H and O–H groups in total. The monoisotopic (exact) mass is 534 g/mol. The molecule has 1 saturated heterocycles. The lowest BCUT2D eigenvalue weighted by molar-refractivity contribution is -0.134. The van der Waals surface area contributed by atoms with Gasteiger partial charge in [0.15, 0.2) is 0 Å². The fraction of sp³-hybridized carbons (Fsp3) is 0.357. The molecule has 1 aliphatic heterocycles. The van der Waals surface area contributed by atoms with Crippen LogP contribution in [0.3, 0.4) is 0 Å². The highest BCUT2D eigenvalue weighted by molar-refractivity contribution is 5.84. The lowest BCUT2D eigenvalue weighted by atomic mass is 10.1. The van der Waals surface area contributed by atoms with Crippen molar-refractivity contribution in [3.05, 3.63) is 70.3 Å². The number of rotatable bonds is 7. The van der Waals surface area contributed by atoms with Crippen LogP contribution in [-0.4, -0.2) is 74.4 Å². The van der Waals surface area contributed by atoms with E-state index in [4.69, 9.17) is 9.84 Å². The molecule has 39 heavy (non-hydrogen) atoms. The minimum atomic E-state index is -1.46. The molecule has 0 radical (unpaired) electrons. The van der Waals surface area contributed by atoms with Gasteiger partial charge in [0.25, 0.3) is 5.56 Å². The van der Waals surface area contributed by atoms with Crippen LogP contribution < -0.4 is 15.2 Å². The largest absolute Gasteiger partial charge is 0.460 e. The van der Waals surface area contributed by atoms with E-state index in [0.717, 1.165) is 27.8 Å². The van der Waals surface area contributed by atoms with Crippen molar-refractivity contribution in [1.82, 2.24) is 24.2 Å². The van der Waals surface area contributed by atoms with Gasteiger partial charge >= 0.3 is 0 Å². The van der Waals surface area contributed by atoms with Gasteiger partial charge < -0.3 is 19.6 Å². The highest BCUT2D eigenvalue weighted by Crippen LogP contribution is 2.27. The maximum Gasteiger partial charge on any atom is 0.274 e. The summed E-state index contributed by atoms with van der Waals surface area (Å²) in [6, 6.07) is 11.2. The Labute approximate surface area is 224 Å². The topological polar surface area (TPSA) is 106 Å². The molecular weight excluding hydrogens is 503 g/mol. The van der Waals surface area contributed by atoms with E-state index in [0.29, 0.717) is 49.8 Å². The number of aryl methyl sites for hydroxylation is 1. The van der Waals surface area contributed by atoms with Crippen LogP contribution in [0, 0.1) is 6.92 Å². The minimum Gasteiger partial charge on any atom is -0.460 e. The molecule has 0 spiro atoms. The van der Waals surface area contributed by atoms with Gasteiger partial charge in [0.05, 0.1) is 17.4 Å². The zero-order chi connectivity index (χ0) is 27.7. The second-order valence-electron chi connectivity index (χ2n) is 9.69. The Balaban J connectivity index is 1.43. The quantitative estimate of drug-likeness (QED) is 0.388. The van der Waals surface area contributed by atoms with E-state index in [9.17, 15) is 14.0 Å². The number of fused-ring (bicyclic) bond motifs is 1. The lowest BCUT2D eigenvalue weighted by Crippen LogP contribution is -2.50. The number of nitrogens with zero attached hydrogens (tertiary/aromatic N) is 6. The number of aliphatic hydroxyl groups is 1. The first-order chi connectivity index (χ1) is 18.7. The number of aliphatic hydroxyl groups excluding tert-OH is 1. The molecule has 1 aliphatic rings. The lowest BCUT2D eigenvalue weighted by Gasteiger charge is -2.34. The highest BCUT2D eigenvalue weighted by atomic mass is 19.1. The van der Waals surface area contributed by atoms with E-state index in [1.54, 1.807) is 41.2 Å². The average Bonchev–Trinajstić information content (AvgIpc) is 3.18. The van der Waals surface area contributed by atoms with Crippen LogP contribution in [0.1, 0.15) is 18.1 Å². The van der Waals surface area contributed by atoms with E-state index in [2.05, 4.69) is 9.97 Å². The third-order valence-electron chi connectivity index (χ3n) is 7.01. The van der Waals surface area contributed by atoms with Gasteiger partial charge in [-0.1, -0.05) is 23.8 Å². The zero-order valence-corrected chi connectivity index (χ0v) is 22.2. The number of anilines is 1. The molecule has 4 aromatic rings. The summed E-state index contributed by atoms with van der Waals surface area (Å²) in [6.07, 6.45) is 2.03. The van der Waals surface area contributed by atoms with Crippen molar-refractivity contribution >= 4 is 22.8 Å². The van der Waals surface area contributed by atoms with E-state index in [-0.39, 0.29) is 11.5 Å². The summed E-state index contributed by atoms with van der Waals surface area (Å²) in [5.74, 6) is 0.733. The van der Waals surface area contributed by atoms with Gasteiger partial charge in [0.2, 0.25) is 18.2 Å². The third-order valence-corrected chi connectivity index (χ3v) is 7.01. The van der Waals surface area contributed by atoms with Crippen LogP contribution in [0.2, 0.25) is 0 Å². The summed E-state index contributed by atoms with van der Waals surface area (Å²) in [7, 11) is 1.71. The van der Waals surface area contributed by atoms with Gasteiger partial charge in [0.1, 0.15) is 12.4 Å². The van der Waals surface area contributed by atoms with Gasteiger partial charge in [-0.25, -0.2) is 14.4 Å². The summed E-state index contributed by atoms with van der Waals surface area (Å²) >= 11 is 0. The first-order valence-electron chi connectivity index (χ1n) is 12.8. The number of alkyl halides is 1. The molecule has 11 heteroatoms. The normalized spacial score (nSPS) is 14.6. The molecule has 1 fully saturated rings. The summed E-state index contributed by atoms with van der Waals surface area (Å²) in [6.45, 7) is 5.30. The van der Waals surface area contributed by atoms with Gasteiger partial charge in [0, 0.05) is 63.7 Å². The van der Waals surface area contributed by atoms with Gasteiger partial charge in [-0.3, -0.25) is 19.0 Å². The second kappa shape index (κ2) is 10.9. The predicted octanol–water partition coefficient (Wildman–Crippen LogP) is 2.49. The molecule has 204 valence electrons. The van der Waals surface area contributed by atoms with Crippen molar-refractivity contribution in [2.75, 3.05) is 37.7 Å².